The first kappa shape index (κ1) is 26.4. The van der Waals surface area contributed by atoms with E-state index in [4.69, 9.17) is 4.74 Å². The number of methoxy groups -OCH3 is 1. The predicted octanol–water partition coefficient (Wildman–Crippen LogP) is 5.67. The molecular weight excluding hydrogens is 552 g/mol. The largest absolute Gasteiger partial charge is 0.495 e. The number of halogens is 1. The minimum absolute atomic E-state index is 0.224. The van der Waals surface area contributed by atoms with Crippen LogP contribution < -0.4 is 15.5 Å². The molecule has 4 aromatic rings. The summed E-state index contributed by atoms with van der Waals surface area (Å²) in [6.45, 7) is 4.09. The highest BCUT2D eigenvalue weighted by molar-refractivity contribution is 9.10. The van der Waals surface area contributed by atoms with Crippen LogP contribution in [0.3, 0.4) is 0 Å². The molecule has 0 fully saturated rings. The van der Waals surface area contributed by atoms with E-state index in [1.807, 2.05) is 97.3 Å². The van der Waals surface area contributed by atoms with Crippen LogP contribution >= 0.6 is 27.7 Å². The Morgan fingerprint density at radius 2 is 1.76 bits per heavy atom. The van der Waals surface area contributed by atoms with Crippen molar-refractivity contribution in [1.29, 1.82) is 0 Å². The van der Waals surface area contributed by atoms with Crippen molar-refractivity contribution in [2.45, 2.75) is 30.8 Å². The Hall–Kier alpha value is -3.63. The molecule has 3 aromatic carbocycles. The van der Waals surface area contributed by atoms with Crippen LogP contribution in [0.25, 0.3) is 5.69 Å². The Morgan fingerprint density at radius 1 is 1.05 bits per heavy atom. The highest BCUT2D eigenvalue weighted by Crippen LogP contribution is 2.28. The molecule has 0 aliphatic heterocycles. The average molecular weight is 580 g/mol. The van der Waals surface area contributed by atoms with Gasteiger partial charge < -0.3 is 10.1 Å². The summed E-state index contributed by atoms with van der Waals surface area (Å²) in [7, 11) is 1.64. The molecule has 4 rings (SSSR count). The number of para-hydroxylation sites is 3. The molecular formula is C27H27BrN6O2S. The lowest BCUT2D eigenvalue weighted by Gasteiger charge is -2.14. The second kappa shape index (κ2) is 12.6. The summed E-state index contributed by atoms with van der Waals surface area (Å²) in [6, 6.07) is 25.3. The van der Waals surface area contributed by atoms with Gasteiger partial charge in [0, 0.05) is 10.2 Å². The minimum atomic E-state index is -0.455. The maximum absolute atomic E-state index is 12.8. The molecule has 1 heterocycles. The number of anilines is 1. The van der Waals surface area contributed by atoms with Crippen LogP contribution in [0.2, 0.25) is 0 Å². The van der Waals surface area contributed by atoms with Crippen LogP contribution in [0.5, 0.6) is 5.75 Å². The molecule has 0 aliphatic carbocycles. The highest BCUT2D eigenvalue weighted by atomic mass is 79.9. The van der Waals surface area contributed by atoms with Crippen molar-refractivity contribution in [2.75, 3.05) is 12.4 Å². The Labute approximate surface area is 228 Å². The lowest BCUT2D eigenvalue weighted by molar-refractivity contribution is -0.120. The maximum Gasteiger partial charge on any atom is 0.253 e. The Balaban J connectivity index is 1.50. The highest BCUT2D eigenvalue weighted by Gasteiger charge is 2.21. The van der Waals surface area contributed by atoms with E-state index in [1.54, 1.807) is 7.11 Å². The summed E-state index contributed by atoms with van der Waals surface area (Å²) in [5.74, 6) is 1.22. The lowest BCUT2D eigenvalue weighted by Crippen LogP contribution is -2.28. The fourth-order valence-electron chi connectivity index (χ4n) is 3.49. The molecule has 1 amide bonds. The first-order chi connectivity index (χ1) is 18.0. The molecule has 0 aliphatic rings. The van der Waals surface area contributed by atoms with Crippen LogP contribution in [-0.2, 0) is 11.3 Å². The van der Waals surface area contributed by atoms with E-state index in [9.17, 15) is 4.79 Å². The molecule has 0 bridgehead atoms. The molecule has 0 saturated heterocycles. The topological polar surface area (TPSA) is 93.4 Å². The van der Waals surface area contributed by atoms with Crippen molar-refractivity contribution < 1.29 is 9.53 Å². The minimum Gasteiger partial charge on any atom is -0.495 e. The van der Waals surface area contributed by atoms with E-state index in [-0.39, 0.29) is 5.91 Å². The van der Waals surface area contributed by atoms with E-state index >= 15 is 0 Å². The van der Waals surface area contributed by atoms with Gasteiger partial charge in [0.25, 0.3) is 5.91 Å². The molecule has 8 nitrogen and oxygen atoms in total. The van der Waals surface area contributed by atoms with Gasteiger partial charge in [-0.1, -0.05) is 70.2 Å². The molecule has 0 radical (unpaired) electrons. The van der Waals surface area contributed by atoms with Crippen molar-refractivity contribution in [3.63, 3.8) is 0 Å². The summed E-state index contributed by atoms with van der Waals surface area (Å²) in [5.41, 5.74) is 6.08. The molecule has 190 valence electrons. The van der Waals surface area contributed by atoms with Gasteiger partial charge in [0.2, 0.25) is 0 Å². The number of hydrogen-bond acceptors (Lipinski definition) is 7. The Bertz CT molecular complexity index is 1380. The lowest BCUT2D eigenvalue weighted by atomic mass is 10.1. The molecule has 10 heteroatoms. The van der Waals surface area contributed by atoms with Crippen LogP contribution in [0.1, 0.15) is 25.2 Å². The Morgan fingerprint density at radius 3 is 2.49 bits per heavy atom. The average Bonchev–Trinajstić information content (AvgIpc) is 3.33. The van der Waals surface area contributed by atoms with E-state index < -0.39 is 5.25 Å². The fraction of sp³-hybridized carbons (Fsp3) is 0.185. The number of carbonyl (C=O) groups excluding carboxylic acids is 1. The van der Waals surface area contributed by atoms with E-state index in [0.29, 0.717) is 17.5 Å². The van der Waals surface area contributed by atoms with E-state index in [0.717, 1.165) is 32.9 Å². The number of rotatable bonds is 10. The number of nitrogens with zero attached hydrogens (tertiary/aromatic N) is 4. The number of aromatic nitrogens is 3. The van der Waals surface area contributed by atoms with E-state index in [1.165, 1.54) is 11.8 Å². The third kappa shape index (κ3) is 6.78. The van der Waals surface area contributed by atoms with Gasteiger partial charge >= 0.3 is 0 Å². The zero-order valence-electron chi connectivity index (χ0n) is 20.7. The van der Waals surface area contributed by atoms with Crippen LogP contribution in [0.15, 0.2) is 93.6 Å². The van der Waals surface area contributed by atoms with Crippen LogP contribution in [0.4, 0.5) is 5.69 Å². The summed E-state index contributed by atoms with van der Waals surface area (Å²) in [6.07, 6.45) is 0. The monoisotopic (exact) mass is 578 g/mol. The third-order valence-electron chi connectivity index (χ3n) is 5.51. The number of ether oxygens (including phenoxy) is 1. The summed E-state index contributed by atoms with van der Waals surface area (Å²) in [5, 5.41) is 16.6. The van der Waals surface area contributed by atoms with Gasteiger partial charge in [0.1, 0.15) is 5.75 Å². The summed E-state index contributed by atoms with van der Waals surface area (Å²) >= 11 is 4.75. The number of hydrazone groups is 1. The zero-order valence-corrected chi connectivity index (χ0v) is 23.1. The standard InChI is InChI=1S/C27H27BrN6O2S/c1-18(20-13-15-21(28)16-14-20)30-32-26(35)19(2)37-27-33-31-25(34(27)22-9-5-4-6-10-22)17-29-23-11-7-8-12-24(23)36-3/h4-16,19,29H,17H2,1-3H3,(H,32,35). The first-order valence-electron chi connectivity index (χ1n) is 11.6. The van der Waals surface area contributed by atoms with Crippen molar-refractivity contribution in [1.82, 2.24) is 20.2 Å². The van der Waals surface area contributed by atoms with Gasteiger partial charge in [-0.25, -0.2) is 5.43 Å². The fourth-order valence-corrected chi connectivity index (χ4v) is 4.63. The molecule has 1 atom stereocenters. The molecule has 37 heavy (non-hydrogen) atoms. The number of thioether (sulfide) groups is 1. The van der Waals surface area contributed by atoms with Gasteiger partial charge in [0.15, 0.2) is 11.0 Å². The quantitative estimate of drug-likeness (QED) is 0.143. The SMILES string of the molecule is COc1ccccc1NCc1nnc(SC(C)C(=O)NN=C(C)c2ccc(Br)cc2)n1-c1ccccc1. The third-order valence-corrected chi connectivity index (χ3v) is 7.08. The summed E-state index contributed by atoms with van der Waals surface area (Å²) < 4.78 is 8.38. The normalized spacial score (nSPS) is 12.2. The van der Waals surface area contributed by atoms with Gasteiger partial charge in [-0.3, -0.25) is 9.36 Å². The molecule has 1 unspecified atom stereocenters. The molecule has 0 saturated carbocycles. The second-order valence-corrected chi connectivity index (χ2v) is 10.3. The summed E-state index contributed by atoms with van der Waals surface area (Å²) in [4.78, 5) is 12.8. The number of hydrogen-bond donors (Lipinski definition) is 2. The zero-order chi connectivity index (χ0) is 26.2. The predicted molar refractivity (Wildman–Crippen MR) is 151 cm³/mol. The first-order valence-corrected chi connectivity index (χ1v) is 13.3. The van der Waals surface area contributed by atoms with Crippen molar-refractivity contribution in [3.8, 4) is 11.4 Å². The van der Waals surface area contributed by atoms with Gasteiger partial charge in [-0.2, -0.15) is 5.10 Å². The van der Waals surface area contributed by atoms with Crippen LogP contribution in [0, 0.1) is 0 Å². The van der Waals surface area contributed by atoms with Gasteiger partial charge in [-0.05, 0) is 55.8 Å². The number of amides is 1. The van der Waals surface area contributed by atoms with E-state index in [2.05, 4.69) is 42.0 Å². The number of benzene rings is 3. The molecule has 1 aromatic heterocycles. The smallest absolute Gasteiger partial charge is 0.253 e. The molecule has 0 spiro atoms. The van der Waals surface area contributed by atoms with Crippen molar-refractivity contribution >= 4 is 45.0 Å². The molecule has 2 N–H and O–H groups in total. The van der Waals surface area contributed by atoms with Gasteiger partial charge in [0.05, 0.1) is 30.3 Å². The van der Waals surface area contributed by atoms with Crippen molar-refractivity contribution in [2.24, 2.45) is 5.10 Å². The van der Waals surface area contributed by atoms with Gasteiger partial charge in [-0.15, -0.1) is 10.2 Å². The van der Waals surface area contributed by atoms with Crippen molar-refractivity contribution in [3.05, 3.63) is 94.7 Å². The second-order valence-electron chi connectivity index (χ2n) is 8.06. The maximum atomic E-state index is 12.8. The Kier molecular flexibility index (Phi) is 8.97. The number of carbonyl (C=O) groups is 1. The van der Waals surface area contributed by atoms with Crippen LogP contribution in [-0.4, -0.2) is 38.7 Å². The number of nitrogens with one attached hydrogen (secondary N) is 2.